The second kappa shape index (κ2) is 8.10. The number of nitro benzene ring substituents is 1. The summed E-state index contributed by atoms with van der Waals surface area (Å²) in [5.41, 5.74) is -0.103. The molecule has 0 fully saturated rings. The molecule has 0 radical (unpaired) electrons. The summed E-state index contributed by atoms with van der Waals surface area (Å²) in [5, 5.41) is 15.9. The van der Waals surface area contributed by atoms with Gasteiger partial charge in [-0.2, -0.15) is 4.39 Å². The van der Waals surface area contributed by atoms with Gasteiger partial charge < -0.3 is 10.6 Å². The Morgan fingerprint density at radius 1 is 1.15 bits per heavy atom. The number of hydrogen-bond donors (Lipinski definition) is 2. The highest BCUT2D eigenvalue weighted by atomic mass is 32.2. The lowest BCUT2D eigenvalue weighted by Gasteiger charge is -2.12. The second-order valence-electron chi connectivity index (χ2n) is 5.64. The summed E-state index contributed by atoms with van der Waals surface area (Å²) < 4.78 is 38.3. The molecule has 0 unspecified atom stereocenters. The Bertz CT molecular complexity index is 961. The lowest BCUT2D eigenvalue weighted by Crippen LogP contribution is -2.23. The van der Waals surface area contributed by atoms with E-state index in [2.05, 4.69) is 10.6 Å². The molecule has 144 valence electrons. The zero-order valence-corrected chi connectivity index (χ0v) is 15.3. The van der Waals surface area contributed by atoms with E-state index < -0.39 is 32.4 Å². The van der Waals surface area contributed by atoms with Gasteiger partial charge in [0, 0.05) is 31.5 Å². The van der Waals surface area contributed by atoms with E-state index in [1.807, 2.05) is 0 Å². The van der Waals surface area contributed by atoms with E-state index in [0.29, 0.717) is 5.69 Å². The van der Waals surface area contributed by atoms with E-state index >= 15 is 0 Å². The van der Waals surface area contributed by atoms with Gasteiger partial charge >= 0.3 is 5.69 Å². The lowest BCUT2D eigenvalue weighted by atomic mass is 10.2. The summed E-state index contributed by atoms with van der Waals surface area (Å²) in [5.74, 6) is -1.44. The number of carbonyl (C=O) groups is 1. The first-order chi connectivity index (χ1) is 12.6. The van der Waals surface area contributed by atoms with Crippen molar-refractivity contribution in [3.8, 4) is 0 Å². The standard InChI is InChI=1S/C16H17FN4O5S/c1-20(2)27(25,26)13-6-3-11(4-7-13)19-16(22)10-18-12-5-8-14(17)15(9-12)21(23)24/h3-9,18H,10H2,1-2H3,(H,19,22). The summed E-state index contributed by atoms with van der Waals surface area (Å²) in [6.07, 6.45) is 0. The molecule has 0 saturated heterocycles. The number of rotatable bonds is 7. The smallest absolute Gasteiger partial charge is 0.306 e. The van der Waals surface area contributed by atoms with Gasteiger partial charge in [0.25, 0.3) is 0 Å². The Morgan fingerprint density at radius 2 is 1.74 bits per heavy atom. The molecule has 9 nitrogen and oxygen atoms in total. The van der Waals surface area contributed by atoms with Crippen LogP contribution < -0.4 is 10.6 Å². The molecule has 27 heavy (non-hydrogen) atoms. The molecule has 2 aromatic carbocycles. The number of benzene rings is 2. The molecule has 2 N–H and O–H groups in total. The van der Waals surface area contributed by atoms with Gasteiger partial charge in [-0.05, 0) is 36.4 Å². The van der Waals surface area contributed by atoms with Gasteiger partial charge in [0.15, 0.2) is 0 Å². The molecule has 0 saturated carbocycles. The number of halogens is 1. The van der Waals surface area contributed by atoms with Crippen molar-refractivity contribution in [3.05, 3.63) is 58.4 Å². The molecule has 1 amide bonds. The quantitative estimate of drug-likeness (QED) is 0.546. The van der Waals surface area contributed by atoms with E-state index in [1.165, 1.54) is 44.4 Å². The Labute approximate surface area is 155 Å². The van der Waals surface area contributed by atoms with Crippen LogP contribution in [-0.2, 0) is 14.8 Å². The Kier molecular flexibility index (Phi) is 6.08. The average Bonchev–Trinajstić information content (AvgIpc) is 2.61. The fourth-order valence-electron chi connectivity index (χ4n) is 2.07. The van der Waals surface area contributed by atoms with Crippen molar-refractivity contribution in [3.63, 3.8) is 0 Å². The highest BCUT2D eigenvalue weighted by molar-refractivity contribution is 7.89. The molecular weight excluding hydrogens is 379 g/mol. The largest absolute Gasteiger partial charge is 0.376 e. The Balaban J connectivity index is 1.98. The minimum atomic E-state index is -3.56. The maximum atomic E-state index is 13.3. The third-order valence-electron chi connectivity index (χ3n) is 3.51. The van der Waals surface area contributed by atoms with E-state index in [1.54, 1.807) is 0 Å². The fourth-order valence-corrected chi connectivity index (χ4v) is 2.97. The van der Waals surface area contributed by atoms with Crippen LogP contribution in [0.15, 0.2) is 47.4 Å². The molecule has 11 heteroatoms. The van der Waals surface area contributed by atoms with Gasteiger partial charge in [0.1, 0.15) is 0 Å². The monoisotopic (exact) mass is 396 g/mol. The summed E-state index contributed by atoms with van der Waals surface area (Å²) in [4.78, 5) is 21.9. The van der Waals surface area contributed by atoms with Crippen molar-refractivity contribution in [2.45, 2.75) is 4.90 Å². The van der Waals surface area contributed by atoms with Gasteiger partial charge in [-0.1, -0.05) is 0 Å². The number of amides is 1. The highest BCUT2D eigenvalue weighted by Gasteiger charge is 2.17. The summed E-state index contributed by atoms with van der Waals surface area (Å²) in [6.45, 7) is -0.222. The number of nitrogens with zero attached hydrogens (tertiary/aromatic N) is 2. The molecule has 2 rings (SSSR count). The molecule has 0 bridgehead atoms. The van der Waals surface area contributed by atoms with Crippen molar-refractivity contribution in [1.29, 1.82) is 0 Å². The van der Waals surface area contributed by atoms with Gasteiger partial charge in [-0.15, -0.1) is 0 Å². The molecular formula is C16H17FN4O5S. The van der Waals surface area contributed by atoms with E-state index in [4.69, 9.17) is 0 Å². The van der Waals surface area contributed by atoms with Crippen molar-refractivity contribution in [1.82, 2.24) is 4.31 Å². The fraction of sp³-hybridized carbons (Fsp3) is 0.188. The third kappa shape index (κ3) is 4.99. The SMILES string of the molecule is CN(C)S(=O)(=O)c1ccc(NC(=O)CNc2ccc(F)c([N+](=O)[O-])c2)cc1. The minimum Gasteiger partial charge on any atom is -0.376 e. The number of sulfonamides is 1. The van der Waals surface area contributed by atoms with Crippen molar-refractivity contribution < 1.29 is 22.5 Å². The summed E-state index contributed by atoms with van der Waals surface area (Å²) >= 11 is 0. The van der Waals surface area contributed by atoms with Crippen molar-refractivity contribution >= 4 is 33.0 Å². The first kappa shape index (κ1) is 20.3. The maximum absolute atomic E-state index is 13.3. The zero-order valence-electron chi connectivity index (χ0n) is 14.5. The number of nitrogens with one attached hydrogen (secondary N) is 2. The van der Waals surface area contributed by atoms with Gasteiger partial charge in [0.05, 0.1) is 16.4 Å². The first-order valence-electron chi connectivity index (χ1n) is 7.61. The lowest BCUT2D eigenvalue weighted by molar-refractivity contribution is -0.387. The first-order valence-corrected chi connectivity index (χ1v) is 9.05. The predicted octanol–water partition coefficient (Wildman–Crippen LogP) is 2.03. The highest BCUT2D eigenvalue weighted by Crippen LogP contribution is 2.21. The molecule has 0 aliphatic carbocycles. The third-order valence-corrected chi connectivity index (χ3v) is 5.34. The molecule has 2 aromatic rings. The van der Waals surface area contributed by atoms with E-state index in [-0.39, 0.29) is 17.1 Å². The van der Waals surface area contributed by atoms with Gasteiger partial charge in [-0.3, -0.25) is 14.9 Å². The average molecular weight is 396 g/mol. The van der Waals surface area contributed by atoms with Crippen LogP contribution in [0.1, 0.15) is 0 Å². The van der Waals surface area contributed by atoms with Crippen LogP contribution in [0.3, 0.4) is 0 Å². The molecule has 0 atom stereocenters. The molecule has 0 spiro atoms. The zero-order chi connectivity index (χ0) is 20.2. The van der Waals surface area contributed by atoms with Gasteiger partial charge in [-0.25, -0.2) is 12.7 Å². The summed E-state index contributed by atoms with van der Waals surface area (Å²) in [6, 6.07) is 8.81. The molecule has 0 heterocycles. The van der Waals surface area contributed by atoms with Crippen LogP contribution in [0.4, 0.5) is 21.5 Å². The topological polar surface area (TPSA) is 122 Å². The van der Waals surface area contributed by atoms with Crippen molar-refractivity contribution in [2.75, 3.05) is 31.3 Å². The molecule has 0 aliphatic heterocycles. The van der Waals surface area contributed by atoms with Crippen molar-refractivity contribution in [2.24, 2.45) is 0 Å². The number of anilines is 2. The minimum absolute atomic E-state index is 0.0854. The maximum Gasteiger partial charge on any atom is 0.306 e. The van der Waals surface area contributed by atoms with Crippen LogP contribution >= 0.6 is 0 Å². The van der Waals surface area contributed by atoms with Gasteiger partial charge in [0.2, 0.25) is 21.7 Å². The number of nitro groups is 1. The van der Waals surface area contributed by atoms with E-state index in [9.17, 15) is 27.7 Å². The molecule has 0 aromatic heterocycles. The van der Waals surface area contributed by atoms with Crippen LogP contribution in [0.5, 0.6) is 0 Å². The number of hydrogen-bond acceptors (Lipinski definition) is 6. The van der Waals surface area contributed by atoms with Crippen LogP contribution in [-0.4, -0.2) is 44.2 Å². The molecule has 0 aliphatic rings. The Hall–Kier alpha value is -3.05. The van der Waals surface area contributed by atoms with Crippen LogP contribution in [0.2, 0.25) is 0 Å². The summed E-state index contributed by atoms with van der Waals surface area (Å²) in [7, 11) is -0.734. The Morgan fingerprint density at radius 3 is 2.30 bits per heavy atom. The predicted molar refractivity (Wildman–Crippen MR) is 97.5 cm³/mol. The van der Waals surface area contributed by atoms with Crippen LogP contribution in [0, 0.1) is 15.9 Å². The number of carbonyl (C=O) groups excluding carboxylic acids is 1. The van der Waals surface area contributed by atoms with Crippen LogP contribution in [0.25, 0.3) is 0 Å². The normalized spacial score (nSPS) is 11.3. The van der Waals surface area contributed by atoms with E-state index in [0.717, 1.165) is 16.4 Å². The second-order valence-corrected chi connectivity index (χ2v) is 7.79.